The Kier molecular flexibility index (Phi) is 4.91. The Balaban J connectivity index is 2.82. The first-order chi connectivity index (χ1) is 8.36. The molecule has 0 aliphatic rings. The van der Waals surface area contributed by atoms with E-state index in [1.165, 1.54) is 0 Å². The number of rotatable bonds is 4. The van der Waals surface area contributed by atoms with Gasteiger partial charge >= 0.3 is 0 Å². The highest BCUT2D eigenvalue weighted by Gasteiger charge is 2.26. The molecule has 0 heterocycles. The van der Waals surface area contributed by atoms with Crippen molar-refractivity contribution in [3.05, 3.63) is 35.4 Å². The van der Waals surface area contributed by atoms with Gasteiger partial charge in [0.2, 0.25) is 0 Å². The quantitative estimate of drug-likeness (QED) is 0.860. The molecule has 0 radical (unpaired) electrons. The van der Waals surface area contributed by atoms with Crippen LogP contribution in [0.3, 0.4) is 0 Å². The molecule has 1 rings (SSSR count). The smallest absolute Gasteiger partial charge is 0.251 e. The van der Waals surface area contributed by atoms with Gasteiger partial charge in [0, 0.05) is 11.6 Å². The van der Waals surface area contributed by atoms with Gasteiger partial charge in [0.1, 0.15) is 0 Å². The summed E-state index contributed by atoms with van der Waals surface area (Å²) in [6.07, 6.45) is 0.793. The third-order valence-electron chi connectivity index (χ3n) is 3.20. The Morgan fingerprint density at radius 1 is 1.33 bits per heavy atom. The third kappa shape index (κ3) is 3.84. The van der Waals surface area contributed by atoms with Gasteiger partial charge in [-0.3, -0.25) is 4.79 Å². The third-order valence-corrected chi connectivity index (χ3v) is 3.20. The van der Waals surface area contributed by atoms with Crippen molar-refractivity contribution >= 4 is 5.91 Å². The number of nitrogens with one attached hydrogen (secondary N) is 1. The molecule has 0 aliphatic carbocycles. The number of amides is 1. The average molecular weight is 248 g/mol. The van der Waals surface area contributed by atoms with Crippen LogP contribution in [0.25, 0.3) is 0 Å². The highest BCUT2D eigenvalue weighted by atomic mass is 16.1. The second-order valence-corrected chi connectivity index (χ2v) is 5.78. The minimum atomic E-state index is -0.0125. The Hall–Kier alpha value is -1.35. The number of nitrogens with two attached hydrogens (primary N) is 1. The molecule has 1 aromatic rings. The number of benzene rings is 1. The fraction of sp³-hybridized carbons (Fsp3) is 0.533. The summed E-state index contributed by atoms with van der Waals surface area (Å²) in [6.45, 7) is 8.88. The van der Waals surface area contributed by atoms with Gasteiger partial charge < -0.3 is 11.1 Å². The van der Waals surface area contributed by atoms with Crippen LogP contribution in [-0.2, 0) is 0 Å². The van der Waals surface area contributed by atoms with Gasteiger partial charge in [-0.2, -0.15) is 0 Å². The molecule has 0 bridgehead atoms. The first-order valence-corrected chi connectivity index (χ1v) is 6.43. The van der Waals surface area contributed by atoms with Gasteiger partial charge in [-0.25, -0.2) is 0 Å². The summed E-state index contributed by atoms with van der Waals surface area (Å²) >= 11 is 0. The van der Waals surface area contributed by atoms with Crippen molar-refractivity contribution in [3.8, 4) is 0 Å². The lowest BCUT2D eigenvalue weighted by atomic mass is 9.84. The second kappa shape index (κ2) is 6.01. The van der Waals surface area contributed by atoms with Crippen molar-refractivity contribution < 1.29 is 4.79 Å². The fourth-order valence-electron chi connectivity index (χ4n) is 1.95. The van der Waals surface area contributed by atoms with Crippen LogP contribution in [0.1, 0.15) is 43.1 Å². The molecule has 0 aromatic heterocycles. The van der Waals surface area contributed by atoms with Crippen LogP contribution in [0, 0.1) is 12.3 Å². The number of carbonyl (C=O) groups is 1. The number of aryl methyl sites for hydroxylation is 1. The van der Waals surface area contributed by atoms with E-state index in [0.29, 0.717) is 6.54 Å². The van der Waals surface area contributed by atoms with E-state index in [0.717, 1.165) is 17.5 Å². The molecular weight excluding hydrogens is 224 g/mol. The zero-order valence-electron chi connectivity index (χ0n) is 11.8. The fourth-order valence-corrected chi connectivity index (χ4v) is 1.95. The van der Waals surface area contributed by atoms with Crippen LogP contribution < -0.4 is 11.1 Å². The molecule has 1 aromatic carbocycles. The molecule has 0 saturated carbocycles. The molecule has 3 N–H and O–H groups in total. The minimum Gasteiger partial charge on any atom is -0.349 e. The van der Waals surface area contributed by atoms with Crippen LogP contribution in [0.4, 0.5) is 0 Å². The standard InChI is InChI=1S/C15H24N2O/c1-11-7-5-6-8-12(11)14(18)17-13(9-10-16)15(2,3)4/h5-8,13H,9-10,16H2,1-4H3,(H,17,18). The van der Waals surface area contributed by atoms with E-state index in [2.05, 4.69) is 26.1 Å². The van der Waals surface area contributed by atoms with Crippen molar-refractivity contribution in [2.24, 2.45) is 11.1 Å². The monoisotopic (exact) mass is 248 g/mol. The van der Waals surface area contributed by atoms with Crippen molar-refractivity contribution in [2.75, 3.05) is 6.54 Å². The van der Waals surface area contributed by atoms with Gasteiger partial charge in [0.05, 0.1) is 0 Å². The highest BCUT2D eigenvalue weighted by Crippen LogP contribution is 2.22. The molecule has 1 unspecified atom stereocenters. The molecule has 0 aliphatic heterocycles. The van der Waals surface area contributed by atoms with Gasteiger partial charge in [0.25, 0.3) is 5.91 Å². The largest absolute Gasteiger partial charge is 0.349 e. The maximum atomic E-state index is 12.2. The first-order valence-electron chi connectivity index (χ1n) is 6.43. The van der Waals surface area contributed by atoms with E-state index in [1.54, 1.807) is 0 Å². The normalized spacial score (nSPS) is 13.2. The first kappa shape index (κ1) is 14.7. The predicted octanol–water partition coefficient (Wildman–Crippen LogP) is 2.49. The molecule has 0 spiro atoms. The molecule has 3 nitrogen and oxygen atoms in total. The zero-order valence-corrected chi connectivity index (χ0v) is 11.8. The number of hydrogen-bond acceptors (Lipinski definition) is 2. The van der Waals surface area contributed by atoms with Gasteiger partial charge in [0.15, 0.2) is 0 Å². The van der Waals surface area contributed by atoms with Gasteiger partial charge in [-0.05, 0) is 36.9 Å². The summed E-state index contributed by atoms with van der Waals surface area (Å²) in [6, 6.07) is 7.72. The summed E-state index contributed by atoms with van der Waals surface area (Å²) in [5.74, 6) is -0.0125. The van der Waals surface area contributed by atoms with Crippen LogP contribution in [-0.4, -0.2) is 18.5 Å². The maximum Gasteiger partial charge on any atom is 0.251 e. The Labute approximate surface area is 110 Å². The number of carbonyl (C=O) groups excluding carboxylic acids is 1. The SMILES string of the molecule is Cc1ccccc1C(=O)NC(CCN)C(C)(C)C. The predicted molar refractivity (Wildman–Crippen MR) is 75.6 cm³/mol. The summed E-state index contributed by atoms with van der Waals surface area (Å²) in [4.78, 5) is 12.2. The average Bonchev–Trinajstić information content (AvgIpc) is 2.27. The van der Waals surface area contributed by atoms with Crippen LogP contribution in [0.5, 0.6) is 0 Å². The lowest BCUT2D eigenvalue weighted by Crippen LogP contribution is -2.45. The highest BCUT2D eigenvalue weighted by molar-refractivity contribution is 5.95. The Bertz CT molecular complexity index is 407. The minimum absolute atomic E-state index is 0.0116. The van der Waals surface area contributed by atoms with E-state index in [9.17, 15) is 4.79 Å². The van der Waals surface area contributed by atoms with Crippen LogP contribution >= 0.6 is 0 Å². The van der Waals surface area contributed by atoms with Gasteiger partial charge in [-0.1, -0.05) is 39.0 Å². The van der Waals surface area contributed by atoms with E-state index in [4.69, 9.17) is 5.73 Å². The molecule has 1 atom stereocenters. The molecular formula is C15H24N2O. The van der Waals surface area contributed by atoms with Crippen LogP contribution in [0.2, 0.25) is 0 Å². The molecule has 0 saturated heterocycles. The molecule has 3 heteroatoms. The zero-order chi connectivity index (χ0) is 13.8. The Morgan fingerprint density at radius 2 is 1.94 bits per heavy atom. The van der Waals surface area contributed by atoms with Crippen molar-refractivity contribution in [3.63, 3.8) is 0 Å². The van der Waals surface area contributed by atoms with E-state index >= 15 is 0 Å². The van der Waals surface area contributed by atoms with Crippen LogP contribution in [0.15, 0.2) is 24.3 Å². The Morgan fingerprint density at radius 3 is 2.44 bits per heavy atom. The van der Waals surface area contributed by atoms with E-state index < -0.39 is 0 Å². The lowest BCUT2D eigenvalue weighted by molar-refractivity contribution is 0.0898. The van der Waals surface area contributed by atoms with Gasteiger partial charge in [-0.15, -0.1) is 0 Å². The maximum absolute atomic E-state index is 12.2. The van der Waals surface area contributed by atoms with Crippen molar-refractivity contribution in [1.82, 2.24) is 5.32 Å². The summed E-state index contributed by atoms with van der Waals surface area (Å²) in [7, 11) is 0. The lowest BCUT2D eigenvalue weighted by Gasteiger charge is -2.31. The summed E-state index contributed by atoms with van der Waals surface area (Å²) < 4.78 is 0. The number of hydrogen-bond donors (Lipinski definition) is 2. The molecule has 1 amide bonds. The topological polar surface area (TPSA) is 55.1 Å². The van der Waals surface area contributed by atoms with Crippen molar-refractivity contribution in [1.29, 1.82) is 0 Å². The molecule has 0 fully saturated rings. The molecule has 100 valence electrons. The van der Waals surface area contributed by atoms with E-state index in [-0.39, 0.29) is 17.4 Å². The van der Waals surface area contributed by atoms with E-state index in [1.807, 2.05) is 31.2 Å². The summed E-state index contributed by atoms with van der Waals surface area (Å²) in [5.41, 5.74) is 7.37. The molecule has 18 heavy (non-hydrogen) atoms. The van der Waals surface area contributed by atoms with Crippen molar-refractivity contribution in [2.45, 2.75) is 40.2 Å². The second-order valence-electron chi connectivity index (χ2n) is 5.78. The summed E-state index contributed by atoms with van der Waals surface area (Å²) in [5, 5.41) is 3.10.